The van der Waals surface area contributed by atoms with Gasteiger partial charge >= 0.3 is 41.5 Å². The third-order valence-corrected chi connectivity index (χ3v) is 5.38. The number of unbranched alkanes of at least 4 members (excludes halogenated alkanes) is 10. The van der Waals surface area contributed by atoms with Crippen LogP contribution in [0.1, 0.15) is 105 Å². The first kappa shape index (κ1) is 33.5. The summed E-state index contributed by atoms with van der Waals surface area (Å²) in [6.07, 6.45) is 12.9. The smallest absolute Gasteiger partial charge is 1.00 e. The Morgan fingerprint density at radius 1 is 0.724 bits per heavy atom. The molecule has 0 bridgehead atoms. The van der Waals surface area contributed by atoms with Crippen LogP contribution in [0.5, 0.6) is 0 Å². The second kappa shape index (κ2) is 24.1. The van der Waals surface area contributed by atoms with Crippen molar-refractivity contribution in [2.45, 2.75) is 104 Å². The molecule has 0 aromatic rings. The molecule has 0 rings (SSSR count). The van der Waals surface area contributed by atoms with Gasteiger partial charge in [0.1, 0.15) is 0 Å². The van der Waals surface area contributed by atoms with E-state index < -0.39 is 22.1 Å². The molecule has 0 spiro atoms. The van der Waals surface area contributed by atoms with Gasteiger partial charge in [0.2, 0.25) is 0 Å². The fourth-order valence-electron chi connectivity index (χ4n) is 2.40. The van der Waals surface area contributed by atoms with Crippen LogP contribution < -0.4 is 29.6 Å². The van der Waals surface area contributed by atoms with Crippen molar-refractivity contribution in [2.75, 3.05) is 12.4 Å². The first-order valence-corrected chi connectivity index (χ1v) is 12.1. The third kappa shape index (κ3) is 32.7. The molecule has 0 aromatic heterocycles. The zero-order valence-corrected chi connectivity index (χ0v) is 21.5. The number of rotatable bonds is 18. The number of carbonyl (C=O) groups is 2. The number of aliphatic carboxylic acids is 2. The number of carboxylic acid groups (broad SMARTS) is 2. The number of hydrogen-bond acceptors (Lipinski definition) is 5. The van der Waals surface area contributed by atoms with Crippen LogP contribution in [0.25, 0.3) is 0 Å². The van der Waals surface area contributed by atoms with Crippen molar-refractivity contribution in [3.63, 3.8) is 0 Å². The molecule has 0 saturated heterocycles. The molecule has 0 amide bonds. The maximum atomic E-state index is 11.6. The largest absolute Gasteiger partial charge is 1.00 e. The van der Waals surface area contributed by atoms with Crippen LogP contribution in [-0.2, 0) is 23.9 Å². The fraction of sp³-hybridized carbons (Fsp3) is 0.900. The molecule has 0 unspecified atom stereocenters. The molecule has 0 atom stereocenters. The van der Waals surface area contributed by atoms with Crippen molar-refractivity contribution in [1.82, 2.24) is 0 Å². The summed E-state index contributed by atoms with van der Waals surface area (Å²) in [5.41, 5.74) is 0. The van der Waals surface area contributed by atoms with E-state index in [1.54, 1.807) is 0 Å². The van der Waals surface area contributed by atoms with Gasteiger partial charge in [0.25, 0.3) is 10.1 Å². The van der Waals surface area contributed by atoms with E-state index in [0.717, 1.165) is 32.1 Å². The second-order valence-electron chi connectivity index (χ2n) is 6.91. The molecule has 0 heterocycles. The predicted molar refractivity (Wildman–Crippen MR) is 112 cm³/mol. The average molecular weight is 449 g/mol. The number of carboxylic acids is 2. The first-order valence-electron chi connectivity index (χ1n) is 10.6. The molecule has 0 fully saturated rings. The van der Waals surface area contributed by atoms with Gasteiger partial charge in [0.15, 0.2) is 0 Å². The fourth-order valence-corrected chi connectivity index (χ4v) is 3.45. The Morgan fingerprint density at radius 3 is 1.52 bits per heavy atom. The van der Waals surface area contributed by atoms with Gasteiger partial charge in [-0.1, -0.05) is 78.1 Å². The zero-order valence-electron chi connectivity index (χ0n) is 19.7. The van der Waals surface area contributed by atoms with Crippen LogP contribution in [0.15, 0.2) is 0 Å². The quantitative estimate of drug-likeness (QED) is 0.187. The van der Waals surface area contributed by atoms with Crippen molar-refractivity contribution < 1.29 is 63.4 Å². The Bertz CT molecular complexity index is 474. The van der Waals surface area contributed by atoms with Crippen LogP contribution in [0.2, 0.25) is 0 Å². The summed E-state index contributed by atoms with van der Waals surface area (Å²) >= 11 is 0. The summed E-state index contributed by atoms with van der Waals surface area (Å²) in [5, 5.41) is 15.8. The van der Waals surface area contributed by atoms with Gasteiger partial charge in [-0.2, -0.15) is 8.42 Å². The molecule has 170 valence electrons. The Morgan fingerprint density at radius 2 is 1.10 bits per heavy atom. The summed E-state index contributed by atoms with van der Waals surface area (Å²) in [5.74, 6) is -1.96. The monoisotopic (exact) mass is 448 g/mol. The van der Waals surface area contributed by atoms with E-state index in [9.17, 15) is 18.0 Å². The molecule has 0 aliphatic carbocycles. The molecule has 7 nitrogen and oxygen atoms in total. The minimum Gasteiger partial charge on any atom is -1.00 e. The molecular formula is C20H41NaO7S. The van der Waals surface area contributed by atoms with E-state index in [1.807, 2.05) is 0 Å². The van der Waals surface area contributed by atoms with E-state index in [1.165, 1.54) is 44.9 Å². The number of hydrogen-bond donors (Lipinski definition) is 2. The molecule has 0 saturated carbocycles. The zero-order chi connectivity index (χ0) is 21.7. The molecular weight excluding hydrogens is 407 g/mol. The second-order valence-corrected chi connectivity index (χ2v) is 8.67. The van der Waals surface area contributed by atoms with E-state index >= 15 is 0 Å². The molecule has 0 aliphatic rings. The first-order chi connectivity index (χ1) is 13.2. The third-order valence-electron chi connectivity index (χ3n) is 4.06. The summed E-state index contributed by atoms with van der Waals surface area (Å²) in [6.45, 7) is 4.74. The Balaban J connectivity index is -0.000000288. The van der Waals surface area contributed by atoms with Gasteiger partial charge in [-0.3, -0.25) is 13.8 Å². The van der Waals surface area contributed by atoms with Crippen molar-refractivity contribution in [3.8, 4) is 0 Å². The average Bonchev–Trinajstić information content (AvgIpc) is 2.62. The Kier molecular flexibility index (Phi) is 27.9. The maximum Gasteiger partial charge on any atom is 1.00 e. The van der Waals surface area contributed by atoms with Gasteiger partial charge in [0.05, 0.1) is 25.2 Å². The minimum atomic E-state index is -3.27. The van der Waals surface area contributed by atoms with E-state index in [-0.39, 0.29) is 49.6 Å². The predicted octanol–water partition coefficient (Wildman–Crippen LogP) is 2.11. The van der Waals surface area contributed by atoms with Gasteiger partial charge in [0, 0.05) is 0 Å². The Labute approximate surface area is 200 Å². The van der Waals surface area contributed by atoms with Crippen LogP contribution in [0.4, 0.5) is 0 Å². The van der Waals surface area contributed by atoms with Crippen LogP contribution in [0.3, 0.4) is 0 Å². The van der Waals surface area contributed by atoms with Crippen molar-refractivity contribution in [3.05, 3.63) is 0 Å². The topological polar surface area (TPSA) is 118 Å². The summed E-state index contributed by atoms with van der Waals surface area (Å²) in [6, 6.07) is 0. The van der Waals surface area contributed by atoms with Gasteiger partial charge in [-0.15, -0.1) is 0 Å². The van der Waals surface area contributed by atoms with Gasteiger partial charge in [-0.25, -0.2) is 0 Å². The molecule has 0 aromatic carbocycles. The van der Waals surface area contributed by atoms with E-state index in [2.05, 4.69) is 13.8 Å². The Hall–Kier alpha value is -0.150. The molecule has 0 aliphatic heterocycles. The van der Waals surface area contributed by atoms with E-state index in [0.29, 0.717) is 6.61 Å². The van der Waals surface area contributed by atoms with Crippen molar-refractivity contribution >= 4 is 22.1 Å². The summed E-state index contributed by atoms with van der Waals surface area (Å²) in [7, 11) is -3.27. The molecule has 9 heteroatoms. The van der Waals surface area contributed by atoms with E-state index in [4.69, 9.17) is 14.4 Å². The summed E-state index contributed by atoms with van der Waals surface area (Å²) in [4.78, 5) is 19.3. The van der Waals surface area contributed by atoms with Crippen molar-refractivity contribution in [2.24, 2.45) is 0 Å². The van der Waals surface area contributed by atoms with Crippen molar-refractivity contribution in [1.29, 1.82) is 0 Å². The molecule has 0 radical (unpaired) electrons. The van der Waals surface area contributed by atoms with Gasteiger partial charge in [-0.05, 0) is 12.8 Å². The van der Waals surface area contributed by atoms with Crippen LogP contribution in [-0.4, -0.2) is 42.9 Å². The minimum absolute atomic E-state index is 0. The van der Waals surface area contributed by atoms with Crippen LogP contribution in [0, 0.1) is 0 Å². The maximum absolute atomic E-state index is 11.6. The molecule has 2 N–H and O–H groups in total. The van der Waals surface area contributed by atoms with Crippen LogP contribution >= 0.6 is 0 Å². The van der Waals surface area contributed by atoms with Gasteiger partial charge < -0.3 is 11.6 Å². The normalized spacial score (nSPS) is 10.6. The SMILES string of the molecule is CCCCCCCCOS(=O)(=O)CCCCCCCC.O=C(O)CCC(=O)O.[H-].[Na+]. The summed E-state index contributed by atoms with van der Waals surface area (Å²) < 4.78 is 28.3. The molecule has 29 heavy (non-hydrogen) atoms. The standard InChI is InChI=1S/C16H34O3S.C4H6O4.Na.H/c1-3-5-7-9-11-13-15-19-20(17,18)16-14-12-10-8-6-4-2;5-3(6)1-2-4(7)8;;/h3-16H2,1-2H3;1-2H2,(H,5,6)(H,7,8);;/q;;+1;-1.